The van der Waals surface area contributed by atoms with Crippen LogP contribution < -0.4 is 4.74 Å². The summed E-state index contributed by atoms with van der Waals surface area (Å²) in [5.74, 6) is 0.500. The molecule has 4 nitrogen and oxygen atoms in total. The van der Waals surface area contributed by atoms with Crippen molar-refractivity contribution in [2.24, 2.45) is 0 Å². The number of benzene rings is 1. The smallest absolute Gasteiger partial charge is 0.261 e. The highest BCUT2D eigenvalue weighted by atomic mass is 35.7. The van der Waals surface area contributed by atoms with Crippen LogP contribution in [0.4, 0.5) is 0 Å². The summed E-state index contributed by atoms with van der Waals surface area (Å²) in [6, 6.07) is 6.07. The molecule has 0 radical (unpaired) electrons. The highest BCUT2D eigenvalue weighted by Gasteiger charge is 2.17. The molecule has 0 saturated carbocycles. The van der Waals surface area contributed by atoms with E-state index in [0.29, 0.717) is 23.3 Å². The summed E-state index contributed by atoms with van der Waals surface area (Å²) in [4.78, 5) is 4.15. The van der Waals surface area contributed by atoms with Crippen molar-refractivity contribution in [3.63, 3.8) is 0 Å². The molecule has 1 heterocycles. The van der Waals surface area contributed by atoms with Crippen molar-refractivity contribution < 1.29 is 13.2 Å². The Morgan fingerprint density at radius 3 is 2.65 bits per heavy atom. The van der Waals surface area contributed by atoms with E-state index in [0.717, 1.165) is 12.8 Å². The van der Waals surface area contributed by atoms with Crippen molar-refractivity contribution in [1.29, 1.82) is 0 Å². The number of pyridine rings is 1. The van der Waals surface area contributed by atoms with E-state index < -0.39 is 9.05 Å². The summed E-state index contributed by atoms with van der Waals surface area (Å²) in [5, 5.41) is 0.667. The molecule has 20 heavy (non-hydrogen) atoms. The van der Waals surface area contributed by atoms with Crippen molar-refractivity contribution in [2.75, 3.05) is 6.61 Å². The Kier molecular flexibility index (Phi) is 4.73. The van der Waals surface area contributed by atoms with Gasteiger partial charge in [-0.05, 0) is 30.7 Å². The summed E-state index contributed by atoms with van der Waals surface area (Å²) >= 11 is 5.87. The first-order chi connectivity index (χ1) is 9.43. The van der Waals surface area contributed by atoms with E-state index in [1.54, 1.807) is 12.1 Å². The zero-order valence-corrected chi connectivity index (χ0v) is 13.1. The molecule has 0 bridgehead atoms. The Hall–Kier alpha value is -1.04. The molecular formula is C13H13Cl2NO3S. The van der Waals surface area contributed by atoms with Gasteiger partial charge in [0.15, 0.2) is 0 Å². The molecule has 2 rings (SSSR count). The third-order valence-electron chi connectivity index (χ3n) is 2.76. The monoisotopic (exact) mass is 333 g/mol. The second-order valence-electron chi connectivity index (χ2n) is 4.23. The molecule has 1 aromatic carbocycles. The van der Waals surface area contributed by atoms with Crippen LogP contribution in [0.2, 0.25) is 5.15 Å². The lowest BCUT2D eigenvalue weighted by molar-refractivity contribution is 0.312. The Labute approximate surface area is 127 Å². The number of fused-ring (bicyclic) bond motifs is 1. The van der Waals surface area contributed by atoms with Crippen LogP contribution >= 0.6 is 22.3 Å². The van der Waals surface area contributed by atoms with Gasteiger partial charge in [0.05, 0.1) is 11.5 Å². The van der Waals surface area contributed by atoms with Gasteiger partial charge in [-0.15, -0.1) is 0 Å². The predicted molar refractivity (Wildman–Crippen MR) is 80.2 cm³/mol. The van der Waals surface area contributed by atoms with Crippen LogP contribution in [-0.2, 0) is 9.05 Å². The first kappa shape index (κ1) is 15.4. The predicted octanol–water partition coefficient (Wildman–Crippen LogP) is 3.99. The van der Waals surface area contributed by atoms with E-state index >= 15 is 0 Å². The minimum absolute atomic E-state index is 0.00109. The molecule has 0 aliphatic carbocycles. The first-order valence-electron chi connectivity index (χ1n) is 6.10. The van der Waals surface area contributed by atoms with Gasteiger partial charge < -0.3 is 4.74 Å². The van der Waals surface area contributed by atoms with Crippen molar-refractivity contribution in [3.05, 3.63) is 29.4 Å². The van der Waals surface area contributed by atoms with Gasteiger partial charge in [0, 0.05) is 16.1 Å². The van der Waals surface area contributed by atoms with Gasteiger partial charge in [-0.1, -0.05) is 24.9 Å². The maximum absolute atomic E-state index is 11.6. The van der Waals surface area contributed by atoms with Crippen LogP contribution in [0.1, 0.15) is 19.8 Å². The fourth-order valence-electron chi connectivity index (χ4n) is 1.80. The van der Waals surface area contributed by atoms with E-state index in [9.17, 15) is 8.42 Å². The first-order valence-corrected chi connectivity index (χ1v) is 8.79. The van der Waals surface area contributed by atoms with Gasteiger partial charge in [-0.25, -0.2) is 13.4 Å². The molecule has 0 fully saturated rings. The average molecular weight is 334 g/mol. The highest BCUT2D eigenvalue weighted by Crippen LogP contribution is 2.32. The molecule has 2 aromatic rings. The SMILES string of the molecule is CCCCOc1ccc(S(=O)(=O)Cl)c2ccc(Cl)nc12. The molecular weight excluding hydrogens is 321 g/mol. The van der Waals surface area contributed by atoms with Gasteiger partial charge in [-0.2, -0.15) is 0 Å². The summed E-state index contributed by atoms with van der Waals surface area (Å²) in [5.41, 5.74) is 0.398. The summed E-state index contributed by atoms with van der Waals surface area (Å²) < 4.78 is 28.8. The molecule has 0 N–H and O–H groups in total. The quantitative estimate of drug-likeness (QED) is 0.471. The van der Waals surface area contributed by atoms with Crippen molar-refractivity contribution in [3.8, 4) is 5.75 Å². The average Bonchev–Trinajstić information content (AvgIpc) is 2.37. The number of aromatic nitrogens is 1. The van der Waals surface area contributed by atoms with Crippen molar-refractivity contribution in [1.82, 2.24) is 4.98 Å². The number of nitrogens with zero attached hydrogens (tertiary/aromatic N) is 1. The third kappa shape index (κ3) is 3.34. The zero-order valence-electron chi connectivity index (χ0n) is 10.8. The van der Waals surface area contributed by atoms with Crippen LogP contribution in [0, 0.1) is 0 Å². The maximum Gasteiger partial charge on any atom is 0.261 e. The second-order valence-corrected chi connectivity index (χ2v) is 7.15. The van der Waals surface area contributed by atoms with Crippen molar-refractivity contribution >= 4 is 42.2 Å². The number of halogens is 2. The van der Waals surface area contributed by atoms with Gasteiger partial charge in [0.25, 0.3) is 9.05 Å². The Morgan fingerprint density at radius 2 is 2.00 bits per heavy atom. The molecule has 0 atom stereocenters. The molecule has 108 valence electrons. The lowest BCUT2D eigenvalue weighted by atomic mass is 10.2. The van der Waals surface area contributed by atoms with E-state index in [-0.39, 0.29) is 10.0 Å². The van der Waals surface area contributed by atoms with Gasteiger partial charge >= 0.3 is 0 Å². The van der Waals surface area contributed by atoms with E-state index in [4.69, 9.17) is 27.0 Å². The molecule has 0 saturated heterocycles. The molecule has 0 aliphatic heterocycles. The van der Waals surface area contributed by atoms with Gasteiger partial charge in [0.2, 0.25) is 0 Å². The van der Waals surface area contributed by atoms with Gasteiger partial charge in [-0.3, -0.25) is 0 Å². The number of unbranched alkanes of at least 4 members (excludes halogenated alkanes) is 1. The molecule has 0 amide bonds. The van der Waals surface area contributed by atoms with Crippen LogP contribution in [0.15, 0.2) is 29.2 Å². The van der Waals surface area contributed by atoms with E-state index in [1.807, 2.05) is 0 Å². The minimum atomic E-state index is -3.85. The van der Waals surface area contributed by atoms with E-state index in [1.165, 1.54) is 12.1 Å². The topological polar surface area (TPSA) is 56.3 Å². The second kappa shape index (κ2) is 6.16. The summed E-state index contributed by atoms with van der Waals surface area (Å²) in [6.45, 7) is 2.59. The fourth-order valence-corrected chi connectivity index (χ4v) is 3.01. The lowest BCUT2D eigenvalue weighted by Crippen LogP contribution is -2.00. The molecule has 0 aliphatic rings. The van der Waals surface area contributed by atoms with Crippen LogP contribution in [0.5, 0.6) is 5.75 Å². The number of ether oxygens (including phenoxy) is 1. The zero-order chi connectivity index (χ0) is 14.8. The normalized spacial score (nSPS) is 11.8. The largest absolute Gasteiger partial charge is 0.491 e. The van der Waals surface area contributed by atoms with Crippen LogP contribution in [-0.4, -0.2) is 20.0 Å². The highest BCUT2D eigenvalue weighted by molar-refractivity contribution is 8.14. The maximum atomic E-state index is 11.6. The molecule has 0 unspecified atom stereocenters. The summed E-state index contributed by atoms with van der Waals surface area (Å²) in [6.07, 6.45) is 1.90. The Morgan fingerprint density at radius 1 is 1.25 bits per heavy atom. The number of hydrogen-bond donors (Lipinski definition) is 0. The fraction of sp³-hybridized carbons (Fsp3) is 0.308. The van der Waals surface area contributed by atoms with E-state index in [2.05, 4.69) is 11.9 Å². The molecule has 0 spiro atoms. The lowest BCUT2D eigenvalue weighted by Gasteiger charge is -2.10. The molecule has 7 heteroatoms. The van der Waals surface area contributed by atoms with Crippen LogP contribution in [0.3, 0.4) is 0 Å². The van der Waals surface area contributed by atoms with Crippen LogP contribution in [0.25, 0.3) is 10.9 Å². The Bertz CT molecular complexity index is 732. The standard InChI is InChI=1S/C13H13Cl2NO3S/c1-2-3-8-19-10-5-6-11(20(15,17)18)9-4-7-12(14)16-13(9)10/h4-7H,2-3,8H2,1H3. The van der Waals surface area contributed by atoms with Gasteiger partial charge in [0.1, 0.15) is 16.4 Å². The Balaban J connectivity index is 2.59. The number of rotatable bonds is 5. The third-order valence-corrected chi connectivity index (χ3v) is 4.35. The number of hydrogen-bond acceptors (Lipinski definition) is 4. The minimum Gasteiger partial charge on any atom is -0.491 e. The van der Waals surface area contributed by atoms with Crippen molar-refractivity contribution in [2.45, 2.75) is 24.7 Å². The summed E-state index contributed by atoms with van der Waals surface area (Å²) in [7, 11) is 1.58. The molecule has 1 aromatic heterocycles.